The largest absolute Gasteiger partial charge is 0.497 e. The van der Waals surface area contributed by atoms with E-state index in [4.69, 9.17) is 87.8 Å². The Morgan fingerprint density at radius 2 is 1.32 bits per heavy atom. The van der Waals surface area contributed by atoms with Gasteiger partial charge in [-0.25, -0.2) is 58.9 Å². The van der Waals surface area contributed by atoms with Crippen molar-refractivity contribution in [3.05, 3.63) is 165 Å². The van der Waals surface area contributed by atoms with Gasteiger partial charge in [0.2, 0.25) is 5.95 Å². The first-order valence-corrected chi connectivity index (χ1v) is 47.6. The molecular formula is C98H117N21O16S. The van der Waals surface area contributed by atoms with Crippen molar-refractivity contribution < 1.29 is 71.6 Å². The summed E-state index contributed by atoms with van der Waals surface area (Å²) < 4.78 is 60.0. The second-order valence-corrected chi connectivity index (χ2v) is 36.6. The monoisotopic (exact) mass is 1880 g/mol. The number of fused-ring (bicyclic) bond motifs is 8. The highest BCUT2D eigenvalue weighted by Gasteiger charge is 2.43. The predicted molar refractivity (Wildman–Crippen MR) is 516 cm³/mol. The second kappa shape index (κ2) is 42.0. The van der Waals surface area contributed by atoms with Crippen molar-refractivity contribution in [2.24, 2.45) is 0 Å². The summed E-state index contributed by atoms with van der Waals surface area (Å²) >= 11 is 1.74. The highest BCUT2D eigenvalue weighted by molar-refractivity contribution is 7.19. The van der Waals surface area contributed by atoms with E-state index in [1.165, 1.54) is 17.4 Å². The molecule has 5 atom stereocenters. The maximum absolute atomic E-state index is 12.5. The van der Waals surface area contributed by atoms with Gasteiger partial charge < -0.3 is 104 Å². The number of aliphatic hydroxyl groups is 2. The summed E-state index contributed by atoms with van der Waals surface area (Å²) in [5.41, 5.74) is 16.5. The minimum Gasteiger partial charge on any atom is -0.497 e. The van der Waals surface area contributed by atoms with Crippen LogP contribution in [-0.2, 0) is 59.3 Å². The normalized spacial score (nSPS) is 19.5. The van der Waals surface area contributed by atoms with E-state index in [1.54, 1.807) is 81.1 Å². The number of aromatic nitrogens is 10. The molecule has 9 aliphatic rings. The number of anilines is 6. The summed E-state index contributed by atoms with van der Waals surface area (Å²) in [6.45, 7) is 25.4. The molecule has 5 aromatic carbocycles. The van der Waals surface area contributed by atoms with E-state index in [-0.39, 0.29) is 48.2 Å². The van der Waals surface area contributed by atoms with Crippen molar-refractivity contribution in [3.63, 3.8) is 0 Å². The quantitative estimate of drug-likeness (QED) is 0.0275. The third-order valence-electron chi connectivity index (χ3n) is 26.4. The fourth-order valence-electron chi connectivity index (χ4n) is 18.7. The summed E-state index contributed by atoms with van der Waals surface area (Å²) in [6, 6.07) is 32.2. The molecule has 8 N–H and O–H groups in total. The number of carbonyl (C=O) groups excluding carboxylic acids is 3. The van der Waals surface area contributed by atoms with Gasteiger partial charge in [-0.05, 0) is 156 Å². The number of carbonyl (C=O) groups is 3. The van der Waals surface area contributed by atoms with Crippen molar-refractivity contribution in [2.75, 3.05) is 177 Å². The number of morpholine rings is 3. The summed E-state index contributed by atoms with van der Waals surface area (Å²) in [4.78, 5) is 101. The van der Waals surface area contributed by atoms with E-state index < -0.39 is 23.6 Å². The minimum absolute atomic E-state index is 0.202. The Kier molecular flexibility index (Phi) is 29.0. The first-order valence-electron chi connectivity index (χ1n) is 46.8. The van der Waals surface area contributed by atoms with E-state index in [9.17, 15) is 29.4 Å². The lowest BCUT2D eigenvalue weighted by molar-refractivity contribution is -0.181. The summed E-state index contributed by atoms with van der Waals surface area (Å²) in [5.74, 6) is 6.20. The predicted octanol–water partition coefficient (Wildman–Crippen LogP) is 11.2. The molecule has 8 aliphatic heterocycles. The molecule has 1 aliphatic carbocycles. The Labute approximate surface area is 790 Å². The average Bonchev–Trinajstić information content (AvgIpc) is 1.25. The molecule has 136 heavy (non-hydrogen) atoms. The number of hydrogen-bond acceptors (Lipinski definition) is 32. The van der Waals surface area contributed by atoms with Crippen LogP contribution in [0.4, 0.5) is 44.4 Å². The summed E-state index contributed by atoms with van der Waals surface area (Å²) in [7, 11) is 4.78. The highest BCUT2D eigenvalue weighted by Crippen LogP contribution is 2.45. The van der Waals surface area contributed by atoms with Crippen LogP contribution in [0.5, 0.6) is 17.2 Å². The summed E-state index contributed by atoms with van der Waals surface area (Å²) in [6.07, 6.45) is 10.8. The van der Waals surface area contributed by atoms with Gasteiger partial charge >= 0.3 is 17.7 Å². The van der Waals surface area contributed by atoms with Crippen molar-refractivity contribution in [1.82, 2.24) is 75.0 Å². The number of nitrogens with two attached hydrogens (primary N) is 1. The molecule has 716 valence electrons. The third kappa shape index (κ3) is 21.1. The van der Waals surface area contributed by atoms with Crippen LogP contribution in [-0.4, -0.2) is 275 Å². The van der Waals surface area contributed by atoms with Gasteiger partial charge in [0.15, 0.2) is 46.2 Å². The van der Waals surface area contributed by atoms with Gasteiger partial charge in [-0.3, -0.25) is 14.6 Å². The molecule has 2 bridgehead atoms. The van der Waals surface area contributed by atoms with E-state index in [0.29, 0.717) is 117 Å². The lowest BCUT2D eigenvalue weighted by Gasteiger charge is -2.41. The van der Waals surface area contributed by atoms with Crippen molar-refractivity contribution in [1.29, 1.82) is 0 Å². The number of rotatable bonds is 20. The molecule has 7 saturated heterocycles. The maximum atomic E-state index is 12.5. The molecule has 37 nitrogen and oxygen atoms in total. The third-order valence-corrected chi connectivity index (χ3v) is 27.7. The molecule has 5 amide bonds. The van der Waals surface area contributed by atoms with E-state index >= 15 is 0 Å². The van der Waals surface area contributed by atoms with E-state index in [0.717, 1.165) is 224 Å². The van der Waals surface area contributed by atoms with E-state index in [1.807, 2.05) is 92.0 Å². The lowest BCUT2D eigenvalue weighted by Crippen LogP contribution is -2.51. The zero-order valence-electron chi connectivity index (χ0n) is 77.8. The van der Waals surface area contributed by atoms with Crippen LogP contribution in [0.25, 0.3) is 77.2 Å². The van der Waals surface area contributed by atoms with Gasteiger partial charge in [-0.15, -0.1) is 11.3 Å². The highest BCUT2D eigenvalue weighted by atomic mass is 32.1. The second-order valence-electron chi connectivity index (χ2n) is 35.5. The van der Waals surface area contributed by atoms with Crippen LogP contribution in [0, 0.1) is 6.92 Å². The van der Waals surface area contributed by atoms with Crippen LogP contribution >= 0.6 is 11.3 Å². The number of thiophene rings is 1. The number of urea groups is 2. The molecule has 0 radical (unpaired) electrons. The number of nitrogens with one attached hydrogen (secondary N) is 4. The molecule has 8 fully saturated rings. The first-order chi connectivity index (χ1) is 66.1. The Morgan fingerprint density at radius 1 is 0.647 bits per heavy atom. The van der Waals surface area contributed by atoms with Crippen LogP contribution < -0.4 is 61.5 Å². The number of nitrogen functional groups attached to an aromatic ring is 1. The molecule has 1 spiro atoms. The minimum atomic E-state index is -0.954. The number of aliphatic hydroxyl groups excluding tert-OH is 2. The molecular weight excluding hydrogens is 1760 g/mol. The van der Waals surface area contributed by atoms with Gasteiger partial charge in [0.25, 0.3) is 5.91 Å². The number of amides is 5. The Bertz CT molecular complexity index is 6290. The fourth-order valence-corrected chi connectivity index (χ4v) is 20.0. The number of piperazine rings is 1. The van der Waals surface area contributed by atoms with Crippen LogP contribution in [0.2, 0.25) is 0 Å². The number of benzene rings is 5. The zero-order valence-corrected chi connectivity index (χ0v) is 78.7. The van der Waals surface area contributed by atoms with Crippen molar-refractivity contribution >= 4 is 107 Å². The Morgan fingerprint density at radius 3 is 1.96 bits per heavy atom. The van der Waals surface area contributed by atoms with Crippen LogP contribution in [0.15, 0.2) is 131 Å². The molecule has 12 aromatic rings. The van der Waals surface area contributed by atoms with Gasteiger partial charge in [0, 0.05) is 167 Å². The van der Waals surface area contributed by atoms with E-state index in [2.05, 4.69) is 74.3 Å². The number of methoxy groups -OCH3 is 2. The lowest BCUT2D eigenvalue weighted by atomic mass is 9.90. The molecule has 1 saturated carbocycles. The number of hydrogen-bond donors (Lipinski definition) is 7. The smallest absolute Gasteiger partial charge is 0.344 e. The van der Waals surface area contributed by atoms with Gasteiger partial charge in [-0.2, -0.15) is 5.10 Å². The van der Waals surface area contributed by atoms with Gasteiger partial charge in [0.05, 0.1) is 142 Å². The fraction of sp³-hybridized carbons (Fsp3) is 0.459. The summed E-state index contributed by atoms with van der Waals surface area (Å²) in [5, 5.41) is 38.1. The van der Waals surface area contributed by atoms with Crippen molar-refractivity contribution in [2.45, 2.75) is 148 Å². The SMILES string of the molecule is CCNC(=O)Nc1ccc(-c2nc3c(c(N4CCOC[C@@H]4C)n2)CCN(C2COC2)C3)cc1.CNC(=O)Nc1ccc(-c2nc(N3CC4CCC(C3)O4)c3cnn(C4CCC5(CC4)OCCO5)c3n2)cc1.COc1ccc(COc2cc3oc(=O)c4cc(C(C)O)ccc4c3cc2OC)cc1.Cc1c(CN2CCN(C(=O)[C@H](C)O)CC2)sc2c(N3CCOCC3)nc(-c3cnc(N)nc3)nc12. The average molecular weight is 1880 g/mol. The maximum Gasteiger partial charge on any atom is 0.344 e. The molecule has 3 unspecified atom stereocenters. The van der Waals surface area contributed by atoms with Crippen molar-refractivity contribution in [3.8, 4) is 51.4 Å². The standard InChI is InChI=1S/C27H33N7O4.C24H32N6O3.C24H22O6.C23H30N8O3S/c1-28-26(35)30-18-4-2-17(3-5-18)23-31-24(33-15-20-6-7-21(16-33)38-20)22-14-29-34(25(22)32-23)19-8-10-27(11-9-19)36-12-13-37-27;1-3-25-24(31)26-18-6-4-17(5-7-18)22-27-21-12-29(19-14-33-15-19)9-8-20(21)23(28-22)30-10-11-32-13-16(30)2;1-14(25)16-6-9-18-19-11-22(28-3)23(12-21(19)30-24(26)20(18)10-16)29-13-15-4-7-17(27-2)8-5-15;1-14-17(13-29-3-5-31(6-4-29)22(33)15(2)32)35-19-18(14)27-20(16-11-25-23(24)26-12-16)28-21(19)30-7-9-34-10-8-30/h2-5,14,19-21H,6-13,15-16H2,1H3,(H2,28,30,35);4-7,16,19H,3,8-15H2,1-2H3,(H2,25,26,31);4-12,14,25H,13H2,1-3H3;11-12,15,32H,3-10,13H2,1-2H3,(H2,24,25,26)/t;16-;;15-/m.0.0/s1. The molecule has 38 heteroatoms. The number of aryl methyl sites for hydroxylation is 1. The van der Waals surface area contributed by atoms with Crippen LogP contribution in [0.1, 0.15) is 111 Å². The molecule has 7 aromatic heterocycles. The number of ether oxygens (including phenoxy) is 9. The Balaban J connectivity index is 0.000000121. The topological polar surface area (TPSA) is 419 Å². The van der Waals surface area contributed by atoms with Gasteiger partial charge in [0.1, 0.15) is 35.7 Å². The zero-order chi connectivity index (χ0) is 94.3. The Hall–Kier alpha value is -12.5. The molecule has 15 heterocycles. The first kappa shape index (κ1) is 93.9. The van der Waals surface area contributed by atoms with Crippen LogP contribution in [0.3, 0.4) is 0 Å². The molecule has 21 rings (SSSR count). The van der Waals surface area contributed by atoms with Gasteiger partial charge in [-0.1, -0.05) is 24.3 Å². The number of nitrogens with zero attached hydrogens (tertiary/aromatic N) is 16.